The molecule has 0 atom stereocenters. The second-order valence-corrected chi connectivity index (χ2v) is 6.80. The first-order valence-electron chi connectivity index (χ1n) is 7.89. The van der Waals surface area contributed by atoms with E-state index in [4.69, 9.17) is 16.3 Å². The Kier molecular flexibility index (Phi) is 6.12. The highest BCUT2D eigenvalue weighted by Gasteiger charge is 2.13. The van der Waals surface area contributed by atoms with Crippen LogP contribution < -0.4 is 10.1 Å². The number of aromatic amines is 1. The van der Waals surface area contributed by atoms with Gasteiger partial charge in [0, 0.05) is 17.7 Å². The van der Waals surface area contributed by atoms with Crippen molar-refractivity contribution in [2.75, 3.05) is 18.2 Å². The first kappa shape index (κ1) is 19.6. The lowest BCUT2D eigenvalue weighted by molar-refractivity contribution is -0.384. The van der Waals surface area contributed by atoms with Crippen LogP contribution in [0.1, 0.15) is 0 Å². The van der Waals surface area contributed by atoms with Crippen molar-refractivity contribution in [2.24, 2.45) is 0 Å². The van der Waals surface area contributed by atoms with Gasteiger partial charge in [-0.1, -0.05) is 23.4 Å². The summed E-state index contributed by atoms with van der Waals surface area (Å²) in [7, 11) is 1.59. The number of nitrogens with one attached hydrogen (secondary N) is 2. The highest BCUT2D eigenvalue weighted by Crippen LogP contribution is 2.27. The number of nitrogens with zero attached hydrogens (tertiary/aromatic N) is 3. The van der Waals surface area contributed by atoms with Crippen molar-refractivity contribution in [3.05, 3.63) is 57.6 Å². The molecule has 1 heterocycles. The number of aromatic nitrogens is 3. The molecule has 0 unspecified atom stereocenters. The average molecular weight is 420 g/mol. The number of hydrogen-bond acceptors (Lipinski definition) is 7. The number of carbonyl (C=O) groups excluding carboxylic acids is 1. The summed E-state index contributed by atoms with van der Waals surface area (Å²) in [5, 5.41) is 20.7. The average Bonchev–Trinajstić information content (AvgIpc) is 3.17. The summed E-state index contributed by atoms with van der Waals surface area (Å²) < 4.78 is 5.11. The smallest absolute Gasteiger partial charge is 0.271 e. The summed E-state index contributed by atoms with van der Waals surface area (Å²) in [4.78, 5) is 26.6. The summed E-state index contributed by atoms with van der Waals surface area (Å²) in [5.74, 6) is 1.02. The highest BCUT2D eigenvalue weighted by molar-refractivity contribution is 7.99. The minimum atomic E-state index is -0.559. The molecule has 0 spiro atoms. The number of carbonyl (C=O) groups is 1. The van der Waals surface area contributed by atoms with E-state index in [9.17, 15) is 14.9 Å². The molecule has 9 nitrogen and oxygen atoms in total. The monoisotopic (exact) mass is 419 g/mol. The Labute approximate surface area is 168 Å². The quantitative estimate of drug-likeness (QED) is 0.339. The van der Waals surface area contributed by atoms with E-state index >= 15 is 0 Å². The fourth-order valence-corrected chi connectivity index (χ4v) is 3.04. The number of benzene rings is 2. The summed E-state index contributed by atoms with van der Waals surface area (Å²) in [6, 6.07) is 11.1. The molecular weight excluding hydrogens is 406 g/mol. The molecule has 2 aromatic carbocycles. The van der Waals surface area contributed by atoms with Gasteiger partial charge in [-0.05, 0) is 30.3 Å². The molecule has 2 N–H and O–H groups in total. The predicted octanol–water partition coefficient (Wildman–Crippen LogP) is 3.77. The number of nitro groups is 1. The number of thioether (sulfide) groups is 1. The van der Waals surface area contributed by atoms with Crippen molar-refractivity contribution in [3.63, 3.8) is 0 Å². The third kappa shape index (κ3) is 4.78. The third-order valence-electron chi connectivity index (χ3n) is 3.60. The van der Waals surface area contributed by atoms with Gasteiger partial charge in [0.1, 0.15) is 5.75 Å². The van der Waals surface area contributed by atoms with Gasteiger partial charge < -0.3 is 10.1 Å². The zero-order valence-corrected chi connectivity index (χ0v) is 16.1. The first-order valence-corrected chi connectivity index (χ1v) is 9.26. The summed E-state index contributed by atoms with van der Waals surface area (Å²) >= 11 is 7.11. The summed E-state index contributed by atoms with van der Waals surface area (Å²) in [6.07, 6.45) is 0. The van der Waals surface area contributed by atoms with Gasteiger partial charge in [0.15, 0.2) is 5.82 Å². The Morgan fingerprint density at radius 3 is 2.71 bits per heavy atom. The lowest BCUT2D eigenvalue weighted by atomic mass is 10.2. The molecule has 0 fully saturated rings. The molecule has 0 saturated heterocycles. The van der Waals surface area contributed by atoms with Crippen LogP contribution in [0.2, 0.25) is 5.02 Å². The third-order valence-corrected chi connectivity index (χ3v) is 4.76. The van der Waals surface area contributed by atoms with Crippen LogP contribution in [-0.2, 0) is 4.79 Å². The summed E-state index contributed by atoms with van der Waals surface area (Å²) in [5.41, 5.74) is 0.984. The molecule has 0 bridgehead atoms. The molecule has 0 saturated carbocycles. The van der Waals surface area contributed by atoms with E-state index in [1.54, 1.807) is 7.11 Å². The van der Waals surface area contributed by atoms with Gasteiger partial charge in [0.25, 0.3) is 5.69 Å². The molecule has 3 rings (SSSR count). The second kappa shape index (κ2) is 8.72. The minimum Gasteiger partial charge on any atom is -0.497 e. The summed E-state index contributed by atoms with van der Waals surface area (Å²) in [6.45, 7) is 0. The van der Waals surface area contributed by atoms with Crippen LogP contribution in [-0.4, -0.2) is 38.9 Å². The number of ether oxygens (including phenoxy) is 1. The Hall–Kier alpha value is -3.11. The van der Waals surface area contributed by atoms with Gasteiger partial charge in [-0.3, -0.25) is 20.0 Å². The van der Waals surface area contributed by atoms with E-state index in [0.29, 0.717) is 16.7 Å². The molecule has 0 aliphatic rings. The molecule has 0 aliphatic heterocycles. The van der Waals surface area contributed by atoms with Gasteiger partial charge >= 0.3 is 0 Å². The van der Waals surface area contributed by atoms with E-state index in [-0.39, 0.29) is 22.4 Å². The van der Waals surface area contributed by atoms with Crippen molar-refractivity contribution in [3.8, 4) is 17.1 Å². The molecule has 11 heteroatoms. The van der Waals surface area contributed by atoms with Gasteiger partial charge in [-0.2, -0.15) is 0 Å². The molecule has 1 amide bonds. The minimum absolute atomic E-state index is 0.0488. The van der Waals surface area contributed by atoms with Crippen LogP contribution in [0, 0.1) is 10.1 Å². The molecule has 28 heavy (non-hydrogen) atoms. The number of methoxy groups -OCH3 is 1. The van der Waals surface area contributed by atoms with E-state index < -0.39 is 4.92 Å². The van der Waals surface area contributed by atoms with E-state index in [1.807, 2.05) is 24.3 Å². The Morgan fingerprint density at radius 2 is 2.07 bits per heavy atom. The number of anilines is 1. The van der Waals surface area contributed by atoms with Crippen molar-refractivity contribution in [2.45, 2.75) is 5.16 Å². The first-order chi connectivity index (χ1) is 13.5. The lowest BCUT2D eigenvalue weighted by Crippen LogP contribution is -2.14. The molecule has 3 aromatic rings. The zero-order chi connectivity index (χ0) is 20.1. The number of H-pyrrole nitrogens is 1. The fraction of sp³-hybridized carbons (Fsp3) is 0.118. The Morgan fingerprint density at radius 1 is 1.32 bits per heavy atom. The predicted molar refractivity (Wildman–Crippen MR) is 106 cm³/mol. The normalized spacial score (nSPS) is 10.5. The zero-order valence-electron chi connectivity index (χ0n) is 14.5. The van der Waals surface area contributed by atoms with Gasteiger partial charge in [0.05, 0.1) is 28.5 Å². The van der Waals surface area contributed by atoms with Crippen molar-refractivity contribution < 1.29 is 14.5 Å². The van der Waals surface area contributed by atoms with Gasteiger partial charge in [-0.25, -0.2) is 4.98 Å². The van der Waals surface area contributed by atoms with Crippen LogP contribution >= 0.6 is 23.4 Å². The molecule has 0 radical (unpaired) electrons. The van der Waals surface area contributed by atoms with Crippen LogP contribution in [0.5, 0.6) is 5.75 Å². The standard InChI is InChI=1S/C17H14ClN5O4S/c1-27-12-5-2-10(3-6-12)16-20-17(22-21-16)28-9-15(24)19-14-7-4-11(23(25)26)8-13(14)18/h2-8H,9H2,1H3,(H,19,24)(H,20,21,22). The fourth-order valence-electron chi connectivity index (χ4n) is 2.22. The Bertz CT molecular complexity index is 1010. The van der Waals surface area contributed by atoms with Crippen LogP contribution in [0.4, 0.5) is 11.4 Å². The van der Waals surface area contributed by atoms with Gasteiger partial charge in [-0.15, -0.1) is 5.10 Å². The molecular formula is C17H14ClN5O4S. The highest BCUT2D eigenvalue weighted by atomic mass is 35.5. The van der Waals surface area contributed by atoms with E-state index in [0.717, 1.165) is 23.1 Å². The molecule has 1 aromatic heterocycles. The maximum atomic E-state index is 12.1. The van der Waals surface area contributed by atoms with Crippen molar-refractivity contribution >= 4 is 40.6 Å². The number of rotatable bonds is 7. The molecule has 144 valence electrons. The number of amides is 1. The lowest BCUT2D eigenvalue weighted by Gasteiger charge is -2.06. The van der Waals surface area contributed by atoms with Crippen molar-refractivity contribution in [1.29, 1.82) is 0 Å². The van der Waals surface area contributed by atoms with E-state index in [2.05, 4.69) is 20.5 Å². The van der Waals surface area contributed by atoms with E-state index in [1.165, 1.54) is 18.2 Å². The second-order valence-electron chi connectivity index (χ2n) is 5.45. The van der Waals surface area contributed by atoms with Crippen LogP contribution in [0.25, 0.3) is 11.4 Å². The van der Waals surface area contributed by atoms with Crippen molar-refractivity contribution in [1.82, 2.24) is 15.2 Å². The van der Waals surface area contributed by atoms with Crippen LogP contribution in [0.3, 0.4) is 0 Å². The maximum Gasteiger partial charge on any atom is 0.271 e. The molecule has 0 aliphatic carbocycles. The largest absolute Gasteiger partial charge is 0.497 e. The Balaban J connectivity index is 1.58. The SMILES string of the molecule is COc1ccc(-c2nc(SCC(=O)Nc3ccc([N+](=O)[O-])cc3Cl)n[nH]2)cc1. The number of non-ortho nitro benzene ring substituents is 1. The maximum absolute atomic E-state index is 12.1. The number of nitro benzene ring substituents is 1. The van der Waals surface area contributed by atoms with Crippen LogP contribution in [0.15, 0.2) is 47.6 Å². The number of halogens is 1. The van der Waals surface area contributed by atoms with Gasteiger partial charge in [0.2, 0.25) is 11.1 Å². The number of hydrogen-bond donors (Lipinski definition) is 2. The topological polar surface area (TPSA) is 123 Å².